The van der Waals surface area contributed by atoms with Crippen LogP contribution in [0.25, 0.3) is 0 Å². The molecule has 0 unspecified atom stereocenters. The van der Waals surface area contributed by atoms with Gasteiger partial charge in [0.2, 0.25) is 0 Å². The predicted octanol–water partition coefficient (Wildman–Crippen LogP) is 3.90. The van der Waals surface area contributed by atoms with E-state index in [9.17, 15) is 4.79 Å². The number of nitrogens with one attached hydrogen (secondary N) is 1. The molecule has 0 radical (unpaired) electrons. The van der Waals surface area contributed by atoms with Gasteiger partial charge in [0.25, 0.3) is 5.91 Å². The van der Waals surface area contributed by atoms with Gasteiger partial charge in [-0.2, -0.15) is 0 Å². The first-order valence-corrected chi connectivity index (χ1v) is 8.49. The molecule has 2 rings (SSSR count). The summed E-state index contributed by atoms with van der Waals surface area (Å²) in [5, 5.41) is 3.10. The normalized spacial score (nSPS) is 17.1. The third-order valence-electron chi connectivity index (χ3n) is 3.65. The molecule has 110 valence electrons. The Morgan fingerprint density at radius 2 is 1.70 bits per heavy atom. The van der Waals surface area contributed by atoms with Crippen molar-refractivity contribution in [3.8, 4) is 5.75 Å². The van der Waals surface area contributed by atoms with Gasteiger partial charge in [0, 0.05) is 9.61 Å². The number of carbonyl (C=O) groups is 1. The number of ether oxygens (including phenoxy) is 1. The number of hydrogen-bond donors (Lipinski definition) is 1. The van der Waals surface area contributed by atoms with Gasteiger partial charge >= 0.3 is 0 Å². The second-order valence-electron chi connectivity index (χ2n) is 5.35. The quantitative estimate of drug-likeness (QED) is 0.796. The van der Waals surface area contributed by atoms with Gasteiger partial charge in [-0.3, -0.25) is 4.79 Å². The molecule has 0 aromatic heterocycles. The van der Waals surface area contributed by atoms with Crippen molar-refractivity contribution in [3.05, 3.63) is 27.8 Å². The maximum atomic E-state index is 11.9. The summed E-state index contributed by atoms with van der Waals surface area (Å²) in [7, 11) is 0. The fraction of sp³-hybridized carbons (Fsp3) is 0.562. The molecule has 1 aromatic rings. The minimum Gasteiger partial charge on any atom is -0.484 e. The summed E-state index contributed by atoms with van der Waals surface area (Å²) in [4.78, 5) is 11.9. The Labute approximate surface area is 134 Å². The van der Waals surface area contributed by atoms with Crippen LogP contribution in [-0.2, 0) is 4.79 Å². The number of carbonyl (C=O) groups excluding carboxylic acids is 1. The van der Waals surface area contributed by atoms with Crippen molar-refractivity contribution in [3.63, 3.8) is 0 Å². The van der Waals surface area contributed by atoms with E-state index in [1.807, 2.05) is 24.3 Å². The molecule has 1 aliphatic carbocycles. The van der Waals surface area contributed by atoms with Crippen molar-refractivity contribution in [1.29, 1.82) is 0 Å². The van der Waals surface area contributed by atoms with E-state index in [1.165, 1.54) is 32.1 Å². The van der Waals surface area contributed by atoms with E-state index in [0.717, 1.165) is 22.2 Å². The van der Waals surface area contributed by atoms with Gasteiger partial charge in [-0.05, 0) is 59.7 Å². The molecule has 1 aromatic carbocycles. The molecule has 0 saturated heterocycles. The van der Waals surface area contributed by atoms with Crippen LogP contribution in [0.3, 0.4) is 0 Å². The third kappa shape index (κ3) is 5.69. The van der Waals surface area contributed by atoms with Gasteiger partial charge in [0.15, 0.2) is 6.61 Å². The summed E-state index contributed by atoms with van der Waals surface area (Å²) >= 11 is 2.25. The van der Waals surface area contributed by atoms with Crippen LogP contribution in [-0.4, -0.2) is 18.6 Å². The average Bonchev–Trinajstić information content (AvgIpc) is 2.41. The van der Waals surface area contributed by atoms with Crippen LogP contribution in [0.2, 0.25) is 0 Å². The molecule has 3 nitrogen and oxygen atoms in total. The van der Waals surface area contributed by atoms with Crippen LogP contribution >= 0.6 is 22.6 Å². The smallest absolute Gasteiger partial charge is 0.258 e. The lowest BCUT2D eigenvalue weighted by atomic mass is 9.97. The summed E-state index contributed by atoms with van der Waals surface area (Å²) in [5.41, 5.74) is 0. The van der Waals surface area contributed by atoms with Crippen LogP contribution in [0, 0.1) is 3.57 Å². The van der Waals surface area contributed by atoms with Crippen molar-refractivity contribution < 1.29 is 9.53 Å². The maximum Gasteiger partial charge on any atom is 0.258 e. The van der Waals surface area contributed by atoms with Crippen molar-refractivity contribution in [1.82, 2.24) is 5.32 Å². The second-order valence-corrected chi connectivity index (χ2v) is 6.60. The van der Waals surface area contributed by atoms with Crippen LogP contribution in [0.15, 0.2) is 24.3 Å². The van der Waals surface area contributed by atoms with Gasteiger partial charge in [-0.15, -0.1) is 0 Å². The molecule has 1 amide bonds. The van der Waals surface area contributed by atoms with Crippen molar-refractivity contribution in [2.75, 3.05) is 6.61 Å². The highest BCUT2D eigenvalue weighted by molar-refractivity contribution is 14.1. The first-order valence-electron chi connectivity index (χ1n) is 7.42. The maximum absolute atomic E-state index is 11.9. The lowest BCUT2D eigenvalue weighted by molar-refractivity contribution is -0.123. The zero-order valence-corrected chi connectivity index (χ0v) is 13.9. The first kappa shape index (κ1) is 15.6. The largest absolute Gasteiger partial charge is 0.484 e. The molecule has 1 fully saturated rings. The van der Waals surface area contributed by atoms with E-state index in [-0.39, 0.29) is 12.5 Å². The van der Waals surface area contributed by atoms with Crippen LogP contribution < -0.4 is 10.1 Å². The topological polar surface area (TPSA) is 38.3 Å². The van der Waals surface area contributed by atoms with Crippen LogP contribution in [0.4, 0.5) is 0 Å². The number of hydrogen-bond acceptors (Lipinski definition) is 2. The first-order chi connectivity index (χ1) is 9.74. The predicted molar refractivity (Wildman–Crippen MR) is 88.9 cm³/mol. The van der Waals surface area contributed by atoms with Crippen LogP contribution in [0.1, 0.15) is 44.9 Å². The van der Waals surface area contributed by atoms with E-state index < -0.39 is 0 Å². The van der Waals surface area contributed by atoms with Gasteiger partial charge in [-0.25, -0.2) is 0 Å². The second kappa shape index (κ2) is 8.49. The molecular formula is C16H22INO2. The molecular weight excluding hydrogens is 365 g/mol. The number of amides is 1. The van der Waals surface area contributed by atoms with Gasteiger partial charge in [-0.1, -0.05) is 32.1 Å². The van der Waals surface area contributed by atoms with Crippen molar-refractivity contribution >= 4 is 28.5 Å². The zero-order chi connectivity index (χ0) is 14.2. The molecule has 4 heteroatoms. The summed E-state index contributed by atoms with van der Waals surface area (Å²) in [6, 6.07) is 8.07. The van der Waals surface area contributed by atoms with Gasteiger partial charge in [0.1, 0.15) is 5.75 Å². The monoisotopic (exact) mass is 387 g/mol. The molecule has 0 heterocycles. The van der Waals surface area contributed by atoms with E-state index in [0.29, 0.717) is 6.04 Å². The Bertz CT molecular complexity index is 411. The summed E-state index contributed by atoms with van der Waals surface area (Å²) in [6.07, 6.45) is 8.60. The Hall–Kier alpha value is -0.780. The number of rotatable bonds is 4. The number of benzene rings is 1. The summed E-state index contributed by atoms with van der Waals surface area (Å²) < 4.78 is 6.67. The Kier molecular flexibility index (Phi) is 6.63. The lowest BCUT2D eigenvalue weighted by Crippen LogP contribution is -2.38. The van der Waals surface area contributed by atoms with Crippen LogP contribution in [0.5, 0.6) is 5.75 Å². The van der Waals surface area contributed by atoms with E-state index in [2.05, 4.69) is 27.9 Å². The summed E-state index contributed by atoms with van der Waals surface area (Å²) in [6.45, 7) is 0.108. The van der Waals surface area contributed by atoms with Crippen molar-refractivity contribution in [2.45, 2.75) is 51.0 Å². The third-order valence-corrected chi connectivity index (χ3v) is 4.37. The Morgan fingerprint density at radius 1 is 1.10 bits per heavy atom. The molecule has 20 heavy (non-hydrogen) atoms. The minimum atomic E-state index is -0.00544. The Balaban J connectivity index is 1.72. The highest BCUT2D eigenvalue weighted by Crippen LogP contribution is 2.17. The zero-order valence-electron chi connectivity index (χ0n) is 11.7. The molecule has 1 N–H and O–H groups in total. The standard InChI is InChI=1S/C16H22INO2/c17-13-8-10-15(11-9-13)20-12-16(19)18-14-6-4-2-1-3-5-7-14/h8-11,14H,1-7,12H2,(H,18,19). The highest BCUT2D eigenvalue weighted by atomic mass is 127. The average molecular weight is 387 g/mol. The molecule has 1 saturated carbocycles. The van der Waals surface area contributed by atoms with Gasteiger partial charge < -0.3 is 10.1 Å². The molecule has 1 aliphatic rings. The molecule has 0 bridgehead atoms. The fourth-order valence-corrected chi connectivity index (χ4v) is 2.91. The lowest BCUT2D eigenvalue weighted by Gasteiger charge is -2.21. The van der Waals surface area contributed by atoms with Crippen molar-refractivity contribution in [2.24, 2.45) is 0 Å². The molecule has 0 spiro atoms. The van der Waals surface area contributed by atoms with Gasteiger partial charge in [0.05, 0.1) is 0 Å². The highest BCUT2D eigenvalue weighted by Gasteiger charge is 2.14. The van der Waals surface area contributed by atoms with E-state index in [4.69, 9.17) is 4.74 Å². The molecule has 0 atom stereocenters. The molecule has 0 aliphatic heterocycles. The fourth-order valence-electron chi connectivity index (χ4n) is 2.55. The minimum absolute atomic E-state index is 0.00544. The van der Waals surface area contributed by atoms with E-state index >= 15 is 0 Å². The SMILES string of the molecule is O=C(COc1ccc(I)cc1)NC1CCCCCCC1. The Morgan fingerprint density at radius 3 is 2.35 bits per heavy atom. The van der Waals surface area contributed by atoms with E-state index in [1.54, 1.807) is 0 Å². The number of halogens is 1. The summed E-state index contributed by atoms with van der Waals surface area (Å²) in [5.74, 6) is 0.743.